The molecule has 2 aliphatic rings. The van der Waals surface area contributed by atoms with Gasteiger partial charge in [0.25, 0.3) is 0 Å². The molecule has 2 saturated heterocycles. The van der Waals surface area contributed by atoms with Crippen molar-refractivity contribution in [1.82, 2.24) is 10.2 Å². The van der Waals surface area contributed by atoms with Crippen molar-refractivity contribution in [2.75, 3.05) is 26.7 Å². The first-order valence-electron chi connectivity index (χ1n) is 7.02. The van der Waals surface area contributed by atoms with Crippen LogP contribution in [0.1, 0.15) is 46.5 Å². The smallest absolute Gasteiger partial charge is 0.0710 e. The van der Waals surface area contributed by atoms with Gasteiger partial charge in [0.05, 0.1) is 11.7 Å². The second kappa shape index (κ2) is 4.87. The third-order valence-electron chi connectivity index (χ3n) is 4.58. The van der Waals surface area contributed by atoms with Crippen molar-refractivity contribution in [2.24, 2.45) is 0 Å². The molecule has 100 valence electrons. The second-order valence-corrected chi connectivity index (χ2v) is 6.65. The molecule has 0 aromatic heterocycles. The lowest BCUT2D eigenvalue weighted by Gasteiger charge is -2.40. The first kappa shape index (κ1) is 13.3. The van der Waals surface area contributed by atoms with Gasteiger partial charge in [0.2, 0.25) is 0 Å². The number of hydrogen-bond acceptors (Lipinski definition) is 3. The fourth-order valence-corrected chi connectivity index (χ4v) is 2.97. The summed E-state index contributed by atoms with van der Waals surface area (Å²) in [4.78, 5) is 2.57. The van der Waals surface area contributed by atoms with E-state index in [1.807, 2.05) is 0 Å². The van der Waals surface area contributed by atoms with Gasteiger partial charge in [0.1, 0.15) is 0 Å². The number of nitrogens with one attached hydrogen (secondary N) is 1. The number of ether oxygens (including phenoxy) is 1. The van der Waals surface area contributed by atoms with Crippen molar-refractivity contribution in [3.05, 3.63) is 0 Å². The van der Waals surface area contributed by atoms with Crippen LogP contribution in [0, 0.1) is 0 Å². The van der Waals surface area contributed by atoms with Crippen LogP contribution in [0.25, 0.3) is 0 Å². The van der Waals surface area contributed by atoms with Gasteiger partial charge in [-0.05, 0) is 66.6 Å². The molecule has 2 fully saturated rings. The Morgan fingerprint density at radius 3 is 2.29 bits per heavy atom. The van der Waals surface area contributed by atoms with Gasteiger partial charge in [-0.3, -0.25) is 0 Å². The lowest BCUT2D eigenvalue weighted by Crippen LogP contribution is -2.51. The van der Waals surface area contributed by atoms with Crippen LogP contribution < -0.4 is 5.32 Å². The average molecular weight is 240 g/mol. The quantitative estimate of drug-likeness (QED) is 0.817. The summed E-state index contributed by atoms with van der Waals surface area (Å²) >= 11 is 0. The molecule has 0 aromatic rings. The minimum absolute atomic E-state index is 0.111. The van der Waals surface area contributed by atoms with E-state index in [0.29, 0.717) is 11.6 Å². The zero-order chi connectivity index (χ0) is 12.5. The van der Waals surface area contributed by atoms with Gasteiger partial charge < -0.3 is 15.0 Å². The monoisotopic (exact) mass is 240 g/mol. The standard InChI is InChI=1S/C14H28N2O/c1-13(2)6-5-12(17-13)11-16-9-7-14(3,15-4)8-10-16/h12,15H,5-11H2,1-4H3. The van der Waals surface area contributed by atoms with E-state index in [1.54, 1.807) is 0 Å². The third-order valence-corrected chi connectivity index (χ3v) is 4.58. The molecule has 0 spiro atoms. The molecule has 1 unspecified atom stereocenters. The van der Waals surface area contributed by atoms with Crippen LogP contribution in [-0.2, 0) is 4.74 Å². The van der Waals surface area contributed by atoms with Crippen molar-refractivity contribution in [2.45, 2.75) is 63.7 Å². The Morgan fingerprint density at radius 1 is 1.18 bits per heavy atom. The third kappa shape index (κ3) is 3.43. The summed E-state index contributed by atoms with van der Waals surface area (Å²) in [6.45, 7) is 10.3. The predicted molar refractivity (Wildman–Crippen MR) is 71.3 cm³/mol. The van der Waals surface area contributed by atoms with Crippen molar-refractivity contribution >= 4 is 0 Å². The zero-order valence-corrected chi connectivity index (χ0v) is 11.9. The predicted octanol–water partition coefficient (Wildman–Crippen LogP) is 2.02. The molecule has 0 aliphatic carbocycles. The molecule has 3 heteroatoms. The Balaban J connectivity index is 1.75. The Hall–Kier alpha value is -0.120. The van der Waals surface area contributed by atoms with Crippen LogP contribution in [0.4, 0.5) is 0 Å². The van der Waals surface area contributed by atoms with Crippen LogP contribution in [0.3, 0.4) is 0 Å². The van der Waals surface area contributed by atoms with Gasteiger partial charge in [-0.1, -0.05) is 0 Å². The number of piperidine rings is 1. The number of rotatable bonds is 3. The van der Waals surface area contributed by atoms with E-state index in [-0.39, 0.29) is 5.60 Å². The molecule has 2 heterocycles. The van der Waals surface area contributed by atoms with Gasteiger partial charge in [-0.15, -0.1) is 0 Å². The van der Waals surface area contributed by atoms with E-state index in [0.717, 1.165) is 6.54 Å². The maximum atomic E-state index is 6.07. The van der Waals surface area contributed by atoms with E-state index >= 15 is 0 Å². The normalized spacial score (nSPS) is 32.8. The lowest BCUT2D eigenvalue weighted by atomic mass is 9.90. The highest BCUT2D eigenvalue weighted by molar-refractivity contribution is 4.90. The summed E-state index contributed by atoms with van der Waals surface area (Å²) in [5, 5.41) is 3.45. The van der Waals surface area contributed by atoms with E-state index in [2.05, 4.69) is 38.0 Å². The van der Waals surface area contributed by atoms with Crippen molar-refractivity contribution in [1.29, 1.82) is 0 Å². The highest BCUT2D eigenvalue weighted by atomic mass is 16.5. The van der Waals surface area contributed by atoms with Crippen LogP contribution in [-0.4, -0.2) is 48.8 Å². The minimum Gasteiger partial charge on any atom is -0.371 e. The molecule has 1 N–H and O–H groups in total. The summed E-state index contributed by atoms with van der Waals surface area (Å²) < 4.78 is 6.07. The number of nitrogens with zero attached hydrogens (tertiary/aromatic N) is 1. The minimum atomic E-state index is 0.111. The van der Waals surface area contributed by atoms with Gasteiger partial charge in [-0.2, -0.15) is 0 Å². The molecule has 0 amide bonds. The van der Waals surface area contributed by atoms with Gasteiger partial charge in [0.15, 0.2) is 0 Å². The zero-order valence-electron chi connectivity index (χ0n) is 11.9. The van der Waals surface area contributed by atoms with E-state index in [9.17, 15) is 0 Å². The maximum absolute atomic E-state index is 6.07. The molecule has 2 aliphatic heterocycles. The fraction of sp³-hybridized carbons (Fsp3) is 1.00. The summed E-state index contributed by atoms with van der Waals surface area (Å²) in [6.07, 6.45) is 5.40. The Labute approximate surface area is 106 Å². The summed E-state index contributed by atoms with van der Waals surface area (Å²) in [7, 11) is 2.08. The maximum Gasteiger partial charge on any atom is 0.0710 e. The number of hydrogen-bond donors (Lipinski definition) is 1. The lowest BCUT2D eigenvalue weighted by molar-refractivity contribution is -0.0330. The Bertz CT molecular complexity index is 257. The molecule has 17 heavy (non-hydrogen) atoms. The van der Waals surface area contributed by atoms with Crippen LogP contribution >= 0.6 is 0 Å². The van der Waals surface area contributed by atoms with Gasteiger partial charge in [-0.25, -0.2) is 0 Å². The largest absolute Gasteiger partial charge is 0.371 e. The van der Waals surface area contributed by atoms with Crippen molar-refractivity contribution < 1.29 is 4.74 Å². The van der Waals surface area contributed by atoms with Crippen LogP contribution in [0.15, 0.2) is 0 Å². The summed E-state index contributed by atoms with van der Waals surface area (Å²) in [5.74, 6) is 0. The molecule has 0 bridgehead atoms. The topological polar surface area (TPSA) is 24.5 Å². The summed E-state index contributed by atoms with van der Waals surface area (Å²) in [5.41, 5.74) is 0.465. The molecule has 2 rings (SSSR count). The molecule has 0 saturated carbocycles. The average Bonchev–Trinajstić information content (AvgIpc) is 2.62. The van der Waals surface area contributed by atoms with Gasteiger partial charge >= 0.3 is 0 Å². The Kier molecular flexibility index (Phi) is 3.81. The SMILES string of the molecule is CNC1(C)CCN(CC2CCC(C)(C)O2)CC1. The van der Waals surface area contributed by atoms with Crippen LogP contribution in [0.2, 0.25) is 0 Å². The van der Waals surface area contributed by atoms with E-state index in [1.165, 1.54) is 38.8 Å². The summed E-state index contributed by atoms with van der Waals surface area (Å²) in [6, 6.07) is 0. The van der Waals surface area contributed by atoms with E-state index in [4.69, 9.17) is 4.74 Å². The van der Waals surface area contributed by atoms with Gasteiger partial charge in [0, 0.05) is 12.1 Å². The van der Waals surface area contributed by atoms with E-state index < -0.39 is 0 Å². The first-order chi connectivity index (χ1) is 7.92. The Morgan fingerprint density at radius 2 is 1.82 bits per heavy atom. The molecular formula is C14H28N2O. The molecule has 3 nitrogen and oxygen atoms in total. The molecule has 0 radical (unpaired) electrons. The molecule has 0 aromatic carbocycles. The van der Waals surface area contributed by atoms with Crippen molar-refractivity contribution in [3.8, 4) is 0 Å². The van der Waals surface area contributed by atoms with Crippen molar-refractivity contribution in [3.63, 3.8) is 0 Å². The highest BCUT2D eigenvalue weighted by Crippen LogP contribution is 2.30. The number of likely N-dealkylation sites (tertiary alicyclic amines) is 1. The first-order valence-corrected chi connectivity index (χ1v) is 7.02. The molecular weight excluding hydrogens is 212 g/mol. The fourth-order valence-electron chi connectivity index (χ4n) is 2.97. The second-order valence-electron chi connectivity index (χ2n) is 6.65. The van der Waals surface area contributed by atoms with Crippen LogP contribution in [0.5, 0.6) is 0 Å². The highest BCUT2D eigenvalue weighted by Gasteiger charge is 2.34. The molecule has 1 atom stereocenters.